The number of hydrogen-bond donors (Lipinski definition) is 1. The van der Waals surface area contributed by atoms with Crippen molar-refractivity contribution in [3.8, 4) is 0 Å². The standard InChI is InChI=1S/C8H13NO3/c1-6(5-8(9)11)3-4-12-7(2)10/h5H,3-4H2,1-2H3,(H2,9,11). The average molecular weight is 171 g/mol. The van der Waals surface area contributed by atoms with Gasteiger partial charge in [-0.1, -0.05) is 5.57 Å². The summed E-state index contributed by atoms with van der Waals surface area (Å²) in [6.07, 6.45) is 1.87. The second kappa shape index (κ2) is 5.35. The Balaban J connectivity index is 3.64. The molecule has 0 atom stereocenters. The predicted octanol–water partition coefficient (Wildman–Crippen LogP) is 0.371. The zero-order valence-electron chi connectivity index (χ0n) is 7.29. The summed E-state index contributed by atoms with van der Waals surface area (Å²) in [5, 5.41) is 0. The van der Waals surface area contributed by atoms with Gasteiger partial charge in [-0.25, -0.2) is 0 Å². The summed E-state index contributed by atoms with van der Waals surface area (Å²) in [4.78, 5) is 20.7. The lowest BCUT2D eigenvalue weighted by atomic mass is 10.2. The van der Waals surface area contributed by atoms with Gasteiger partial charge in [0.2, 0.25) is 5.91 Å². The highest BCUT2D eigenvalue weighted by Crippen LogP contribution is 1.98. The Morgan fingerprint density at radius 1 is 1.42 bits per heavy atom. The highest BCUT2D eigenvalue weighted by Gasteiger charge is 1.95. The minimum atomic E-state index is -0.477. The molecular formula is C8H13NO3. The predicted molar refractivity (Wildman–Crippen MR) is 44.2 cm³/mol. The third-order valence-electron chi connectivity index (χ3n) is 1.19. The van der Waals surface area contributed by atoms with Gasteiger partial charge in [0.1, 0.15) is 0 Å². The SMILES string of the molecule is CC(=O)OCCC(C)=CC(N)=O. The van der Waals surface area contributed by atoms with E-state index in [0.29, 0.717) is 13.0 Å². The Hall–Kier alpha value is -1.32. The summed E-state index contributed by atoms with van der Waals surface area (Å²) >= 11 is 0. The van der Waals surface area contributed by atoms with E-state index in [1.165, 1.54) is 13.0 Å². The first-order chi connectivity index (χ1) is 5.52. The number of carbonyl (C=O) groups is 2. The highest BCUT2D eigenvalue weighted by molar-refractivity contribution is 5.86. The quantitative estimate of drug-likeness (QED) is 0.490. The molecule has 0 radical (unpaired) electrons. The van der Waals surface area contributed by atoms with Gasteiger partial charge >= 0.3 is 5.97 Å². The Labute approximate surface area is 71.4 Å². The van der Waals surface area contributed by atoms with Crippen LogP contribution in [0.2, 0.25) is 0 Å². The first kappa shape index (κ1) is 10.7. The lowest BCUT2D eigenvalue weighted by Gasteiger charge is -2.00. The van der Waals surface area contributed by atoms with Gasteiger partial charge in [-0.2, -0.15) is 0 Å². The number of primary amides is 1. The largest absolute Gasteiger partial charge is 0.466 e. The van der Waals surface area contributed by atoms with Crippen molar-refractivity contribution in [3.63, 3.8) is 0 Å². The number of ether oxygens (including phenoxy) is 1. The van der Waals surface area contributed by atoms with Gasteiger partial charge in [0, 0.05) is 19.4 Å². The maximum absolute atomic E-state index is 10.3. The zero-order chi connectivity index (χ0) is 9.56. The first-order valence-corrected chi connectivity index (χ1v) is 3.62. The molecule has 2 N–H and O–H groups in total. The van der Waals surface area contributed by atoms with E-state index in [1.54, 1.807) is 6.92 Å². The Bertz CT molecular complexity index is 208. The molecule has 0 fully saturated rings. The van der Waals surface area contributed by atoms with Crippen LogP contribution in [-0.4, -0.2) is 18.5 Å². The van der Waals surface area contributed by atoms with Crippen LogP contribution in [0.25, 0.3) is 0 Å². The van der Waals surface area contributed by atoms with E-state index in [4.69, 9.17) is 5.73 Å². The van der Waals surface area contributed by atoms with Gasteiger partial charge < -0.3 is 10.5 Å². The number of rotatable bonds is 4. The van der Waals surface area contributed by atoms with Crippen LogP contribution in [0.3, 0.4) is 0 Å². The molecule has 68 valence electrons. The molecule has 12 heavy (non-hydrogen) atoms. The maximum Gasteiger partial charge on any atom is 0.302 e. The van der Waals surface area contributed by atoms with Crippen molar-refractivity contribution >= 4 is 11.9 Å². The van der Waals surface area contributed by atoms with E-state index in [-0.39, 0.29) is 5.97 Å². The number of hydrogen-bond acceptors (Lipinski definition) is 3. The molecule has 0 aromatic heterocycles. The highest BCUT2D eigenvalue weighted by atomic mass is 16.5. The van der Waals surface area contributed by atoms with Crippen molar-refractivity contribution in [2.75, 3.05) is 6.61 Å². The Morgan fingerprint density at radius 3 is 2.42 bits per heavy atom. The molecular weight excluding hydrogens is 158 g/mol. The van der Waals surface area contributed by atoms with E-state index in [1.807, 2.05) is 0 Å². The van der Waals surface area contributed by atoms with E-state index in [9.17, 15) is 9.59 Å². The van der Waals surface area contributed by atoms with E-state index in [2.05, 4.69) is 4.74 Å². The van der Waals surface area contributed by atoms with Crippen molar-refractivity contribution in [2.45, 2.75) is 20.3 Å². The third-order valence-corrected chi connectivity index (χ3v) is 1.19. The molecule has 0 saturated heterocycles. The van der Waals surface area contributed by atoms with Crippen LogP contribution in [0.1, 0.15) is 20.3 Å². The molecule has 0 spiro atoms. The molecule has 4 nitrogen and oxygen atoms in total. The smallest absolute Gasteiger partial charge is 0.302 e. The topological polar surface area (TPSA) is 69.4 Å². The lowest BCUT2D eigenvalue weighted by Crippen LogP contribution is -2.07. The molecule has 0 aliphatic rings. The molecule has 0 aliphatic carbocycles. The first-order valence-electron chi connectivity index (χ1n) is 3.62. The third kappa shape index (κ3) is 6.80. The van der Waals surface area contributed by atoms with E-state index < -0.39 is 5.91 Å². The van der Waals surface area contributed by atoms with Gasteiger partial charge in [0.25, 0.3) is 0 Å². The Kier molecular flexibility index (Phi) is 4.76. The minimum absolute atomic E-state index is 0.297. The van der Waals surface area contributed by atoms with Crippen molar-refractivity contribution in [1.29, 1.82) is 0 Å². The molecule has 0 aromatic rings. The molecule has 1 amide bonds. The summed E-state index contributed by atoms with van der Waals surface area (Å²) in [5.74, 6) is -0.794. The van der Waals surface area contributed by atoms with E-state index >= 15 is 0 Å². The fourth-order valence-electron chi connectivity index (χ4n) is 0.671. The van der Waals surface area contributed by atoms with Crippen LogP contribution in [0.4, 0.5) is 0 Å². The molecule has 0 bridgehead atoms. The van der Waals surface area contributed by atoms with Crippen molar-refractivity contribution in [3.05, 3.63) is 11.6 Å². The second-order valence-corrected chi connectivity index (χ2v) is 2.48. The fraction of sp³-hybridized carbons (Fsp3) is 0.500. The fourth-order valence-corrected chi connectivity index (χ4v) is 0.671. The molecule has 0 heterocycles. The second-order valence-electron chi connectivity index (χ2n) is 2.48. The number of esters is 1. The molecule has 4 heteroatoms. The zero-order valence-corrected chi connectivity index (χ0v) is 7.29. The average Bonchev–Trinajstić information content (AvgIpc) is 1.84. The van der Waals surface area contributed by atoms with E-state index in [0.717, 1.165) is 5.57 Å². The van der Waals surface area contributed by atoms with Crippen molar-refractivity contribution < 1.29 is 14.3 Å². The summed E-state index contributed by atoms with van der Waals surface area (Å²) in [5.41, 5.74) is 5.71. The summed E-state index contributed by atoms with van der Waals surface area (Å²) in [6.45, 7) is 3.40. The van der Waals surface area contributed by atoms with Gasteiger partial charge in [-0.3, -0.25) is 9.59 Å². The number of nitrogens with two attached hydrogens (primary N) is 1. The molecule has 0 aliphatic heterocycles. The van der Waals surface area contributed by atoms with Crippen molar-refractivity contribution in [1.82, 2.24) is 0 Å². The molecule has 0 rings (SSSR count). The summed E-state index contributed by atoms with van der Waals surface area (Å²) in [6, 6.07) is 0. The monoisotopic (exact) mass is 171 g/mol. The van der Waals surface area contributed by atoms with Gasteiger partial charge in [0.05, 0.1) is 6.61 Å². The van der Waals surface area contributed by atoms with Crippen LogP contribution in [0.15, 0.2) is 11.6 Å². The lowest BCUT2D eigenvalue weighted by molar-refractivity contribution is -0.140. The molecule has 0 aromatic carbocycles. The molecule has 0 unspecified atom stereocenters. The van der Waals surface area contributed by atoms with Crippen LogP contribution >= 0.6 is 0 Å². The normalized spacial score (nSPS) is 11.0. The van der Waals surface area contributed by atoms with Crippen LogP contribution in [-0.2, 0) is 14.3 Å². The molecule has 0 saturated carbocycles. The summed E-state index contributed by atoms with van der Waals surface area (Å²) < 4.78 is 4.66. The number of amides is 1. The maximum atomic E-state index is 10.3. The number of carbonyl (C=O) groups excluding carboxylic acids is 2. The van der Waals surface area contributed by atoms with Gasteiger partial charge in [0.15, 0.2) is 0 Å². The van der Waals surface area contributed by atoms with Crippen LogP contribution in [0, 0.1) is 0 Å². The Morgan fingerprint density at radius 2 is 2.00 bits per heavy atom. The van der Waals surface area contributed by atoms with Gasteiger partial charge in [-0.05, 0) is 6.92 Å². The minimum Gasteiger partial charge on any atom is -0.466 e. The van der Waals surface area contributed by atoms with Gasteiger partial charge in [-0.15, -0.1) is 0 Å². The van der Waals surface area contributed by atoms with Crippen LogP contribution in [0.5, 0.6) is 0 Å². The summed E-state index contributed by atoms with van der Waals surface area (Å²) in [7, 11) is 0. The van der Waals surface area contributed by atoms with Crippen LogP contribution < -0.4 is 5.73 Å². The van der Waals surface area contributed by atoms with Crippen molar-refractivity contribution in [2.24, 2.45) is 5.73 Å².